The summed E-state index contributed by atoms with van der Waals surface area (Å²) in [5.74, 6) is 0.214. The maximum atomic E-state index is 13.1. The molecule has 160 valence electrons. The van der Waals surface area contributed by atoms with Crippen LogP contribution in [0.5, 0.6) is 5.75 Å². The van der Waals surface area contributed by atoms with Crippen molar-refractivity contribution in [3.8, 4) is 5.75 Å². The Morgan fingerprint density at radius 2 is 1.80 bits per heavy atom. The number of methoxy groups -OCH3 is 1. The van der Waals surface area contributed by atoms with Gasteiger partial charge in [0, 0.05) is 11.0 Å². The van der Waals surface area contributed by atoms with Crippen LogP contribution >= 0.6 is 20.0 Å². The van der Waals surface area contributed by atoms with Gasteiger partial charge in [0.1, 0.15) is 11.9 Å². The molecule has 0 bridgehead atoms. The van der Waals surface area contributed by atoms with Crippen LogP contribution in [0.15, 0.2) is 54.6 Å². The van der Waals surface area contributed by atoms with E-state index < -0.39 is 25.2 Å². The molecule has 0 aromatic heterocycles. The average Bonchev–Trinajstić information content (AvgIpc) is 2.75. The van der Waals surface area contributed by atoms with Gasteiger partial charge < -0.3 is 4.74 Å². The first kappa shape index (κ1) is 22.2. The fraction of sp³-hybridized carbons (Fsp3) is 0.300. The summed E-state index contributed by atoms with van der Waals surface area (Å²) in [4.78, 5) is 12.2. The highest BCUT2D eigenvalue weighted by Gasteiger charge is 2.45. The number of carbonyl (C=O) groups excluding carboxylic acids is 1. The van der Waals surface area contributed by atoms with Crippen LogP contribution in [-0.2, 0) is 13.6 Å². The second-order valence-corrected chi connectivity index (χ2v) is 9.50. The molecule has 3 N–H and O–H groups in total. The summed E-state index contributed by atoms with van der Waals surface area (Å²) in [5.41, 5.74) is 5.84. The second-order valence-electron chi connectivity index (χ2n) is 7.40. The highest BCUT2D eigenvalue weighted by atomic mass is 32.1. The van der Waals surface area contributed by atoms with Gasteiger partial charge in [0.2, 0.25) is 0 Å². The standard InChI is InChI=1S/C20H24N3O5PS/c1-20(2)13-27-29(25,28-17(20)14-7-5-4-6-8-14)23-19(30)22-21-18(24)15-9-11-16(26-3)12-10-15/h4-12,17H,13H2,1-3H3,(H,21,24)(H2,22,23,25,30)/t17-,29?/m0/s1. The zero-order valence-corrected chi connectivity index (χ0v) is 18.6. The molecule has 0 aliphatic carbocycles. The van der Waals surface area contributed by atoms with Crippen molar-refractivity contribution < 1.29 is 23.1 Å². The summed E-state index contributed by atoms with van der Waals surface area (Å²) in [6.07, 6.45) is -0.456. The van der Waals surface area contributed by atoms with Gasteiger partial charge in [0.25, 0.3) is 5.91 Å². The normalized spacial score (nSPS) is 22.6. The molecule has 8 nitrogen and oxygen atoms in total. The average molecular weight is 449 g/mol. The highest BCUT2D eigenvalue weighted by Crippen LogP contribution is 2.58. The number of thiocarbonyl (C=S) groups is 1. The van der Waals surface area contributed by atoms with E-state index in [1.54, 1.807) is 31.4 Å². The molecule has 2 atom stereocenters. The predicted molar refractivity (Wildman–Crippen MR) is 117 cm³/mol. The lowest BCUT2D eigenvalue weighted by Gasteiger charge is -2.41. The Kier molecular flexibility index (Phi) is 6.77. The zero-order valence-electron chi connectivity index (χ0n) is 16.9. The first-order valence-electron chi connectivity index (χ1n) is 9.23. The van der Waals surface area contributed by atoms with Gasteiger partial charge in [-0.2, -0.15) is 0 Å². The number of benzene rings is 2. The molecule has 0 radical (unpaired) electrons. The highest BCUT2D eigenvalue weighted by molar-refractivity contribution is 7.81. The summed E-state index contributed by atoms with van der Waals surface area (Å²) in [5, 5.41) is 2.46. The quantitative estimate of drug-likeness (QED) is 0.369. The van der Waals surface area contributed by atoms with Crippen molar-refractivity contribution >= 4 is 31.0 Å². The van der Waals surface area contributed by atoms with E-state index in [1.165, 1.54) is 0 Å². The number of hydrogen-bond acceptors (Lipinski definition) is 6. The smallest absolute Gasteiger partial charge is 0.435 e. The fourth-order valence-electron chi connectivity index (χ4n) is 2.92. The minimum Gasteiger partial charge on any atom is -0.497 e. The lowest BCUT2D eigenvalue weighted by atomic mass is 9.83. The van der Waals surface area contributed by atoms with Crippen molar-refractivity contribution in [2.45, 2.75) is 20.0 Å². The number of nitrogens with one attached hydrogen (secondary N) is 3. The Balaban J connectivity index is 1.60. The lowest BCUT2D eigenvalue weighted by molar-refractivity contribution is -0.0285. The van der Waals surface area contributed by atoms with Gasteiger partial charge >= 0.3 is 7.75 Å². The number of hydrazine groups is 1. The lowest BCUT2D eigenvalue weighted by Crippen LogP contribution is -2.47. The minimum absolute atomic E-state index is 0.0910. The van der Waals surface area contributed by atoms with E-state index in [2.05, 4.69) is 15.9 Å². The van der Waals surface area contributed by atoms with Gasteiger partial charge in [-0.3, -0.25) is 29.8 Å². The maximum Gasteiger partial charge on any atom is 0.435 e. The van der Waals surface area contributed by atoms with Crippen molar-refractivity contribution in [2.75, 3.05) is 13.7 Å². The molecule has 3 rings (SSSR count). The molecular formula is C20H24N3O5PS. The van der Waals surface area contributed by atoms with E-state index >= 15 is 0 Å². The van der Waals surface area contributed by atoms with Crippen LogP contribution in [0.2, 0.25) is 0 Å². The summed E-state index contributed by atoms with van der Waals surface area (Å²) in [7, 11) is -2.19. The number of hydrogen-bond donors (Lipinski definition) is 3. The molecule has 1 amide bonds. The number of amides is 1. The first-order chi connectivity index (χ1) is 14.2. The molecule has 0 saturated carbocycles. The van der Waals surface area contributed by atoms with Crippen LogP contribution < -0.4 is 20.7 Å². The number of carbonyl (C=O) groups is 1. The third-order valence-electron chi connectivity index (χ3n) is 4.54. The van der Waals surface area contributed by atoms with Crippen LogP contribution in [0, 0.1) is 5.41 Å². The van der Waals surface area contributed by atoms with E-state index in [9.17, 15) is 9.36 Å². The Morgan fingerprint density at radius 3 is 2.43 bits per heavy atom. The maximum absolute atomic E-state index is 13.1. The SMILES string of the molecule is COc1ccc(C(=O)NNC(=S)NP2(=O)OCC(C)(C)[C@H](c3ccccc3)O2)cc1. The molecule has 1 aliphatic rings. The number of rotatable bonds is 4. The molecule has 1 heterocycles. The molecule has 1 saturated heterocycles. The topological polar surface area (TPSA) is 97.9 Å². The van der Waals surface area contributed by atoms with Crippen LogP contribution in [0.25, 0.3) is 0 Å². The van der Waals surface area contributed by atoms with E-state index in [0.717, 1.165) is 5.56 Å². The van der Waals surface area contributed by atoms with Gasteiger partial charge in [0.05, 0.1) is 13.7 Å². The summed E-state index contributed by atoms with van der Waals surface area (Å²) >= 11 is 5.14. The summed E-state index contributed by atoms with van der Waals surface area (Å²) < 4.78 is 29.5. The van der Waals surface area contributed by atoms with Gasteiger partial charge in [-0.25, -0.2) is 4.57 Å². The molecule has 0 spiro atoms. The first-order valence-corrected chi connectivity index (χ1v) is 11.2. The van der Waals surface area contributed by atoms with E-state index in [1.807, 2.05) is 44.2 Å². The molecule has 1 fully saturated rings. The zero-order chi connectivity index (χ0) is 21.8. The van der Waals surface area contributed by atoms with Crippen LogP contribution in [-0.4, -0.2) is 24.7 Å². The van der Waals surface area contributed by atoms with E-state index in [4.69, 9.17) is 26.0 Å². The minimum atomic E-state index is -3.74. The Morgan fingerprint density at radius 1 is 1.13 bits per heavy atom. The Hall–Kier alpha value is -2.45. The molecule has 1 unspecified atom stereocenters. The van der Waals surface area contributed by atoms with E-state index in [-0.39, 0.29) is 11.7 Å². The van der Waals surface area contributed by atoms with Gasteiger partial charge in [0.15, 0.2) is 5.11 Å². The van der Waals surface area contributed by atoms with Gasteiger partial charge in [-0.15, -0.1) is 0 Å². The molecule has 30 heavy (non-hydrogen) atoms. The second kappa shape index (κ2) is 9.14. The largest absolute Gasteiger partial charge is 0.497 e. The van der Waals surface area contributed by atoms with Crippen LogP contribution in [0.1, 0.15) is 35.9 Å². The summed E-state index contributed by atoms with van der Waals surface area (Å²) in [6.45, 7) is 4.15. The van der Waals surface area contributed by atoms with Crippen LogP contribution in [0.4, 0.5) is 0 Å². The number of ether oxygens (including phenoxy) is 1. The Bertz CT molecular complexity index is 953. The monoisotopic (exact) mass is 449 g/mol. The third-order valence-corrected chi connectivity index (χ3v) is 6.35. The molecule has 1 aliphatic heterocycles. The third kappa shape index (κ3) is 5.37. The van der Waals surface area contributed by atoms with Crippen LogP contribution in [0.3, 0.4) is 0 Å². The van der Waals surface area contributed by atoms with Crippen molar-refractivity contribution in [2.24, 2.45) is 5.41 Å². The van der Waals surface area contributed by atoms with Gasteiger partial charge in [-0.1, -0.05) is 44.2 Å². The molecular weight excluding hydrogens is 425 g/mol. The molecule has 2 aromatic rings. The van der Waals surface area contributed by atoms with Crippen molar-refractivity contribution in [3.05, 3.63) is 65.7 Å². The summed E-state index contributed by atoms with van der Waals surface area (Å²) in [6, 6.07) is 16.0. The van der Waals surface area contributed by atoms with E-state index in [0.29, 0.717) is 11.3 Å². The Labute approximate surface area is 180 Å². The van der Waals surface area contributed by atoms with Crippen molar-refractivity contribution in [1.82, 2.24) is 15.9 Å². The fourth-order valence-corrected chi connectivity index (χ4v) is 4.97. The molecule has 2 aromatic carbocycles. The van der Waals surface area contributed by atoms with Crippen molar-refractivity contribution in [3.63, 3.8) is 0 Å². The van der Waals surface area contributed by atoms with Crippen molar-refractivity contribution in [1.29, 1.82) is 0 Å². The van der Waals surface area contributed by atoms with Gasteiger partial charge in [-0.05, 0) is 42.0 Å². The predicted octanol–water partition coefficient (Wildman–Crippen LogP) is 3.73. The molecule has 10 heteroatoms.